The number of rotatable bonds is 0. The van der Waals surface area contributed by atoms with E-state index in [9.17, 15) is 19.2 Å². The summed E-state index contributed by atoms with van der Waals surface area (Å²) in [6.45, 7) is 11.3. The summed E-state index contributed by atoms with van der Waals surface area (Å²) in [6.07, 6.45) is 2.92. The average molecular weight is 376 g/mol. The first kappa shape index (κ1) is 20.0. The van der Waals surface area contributed by atoms with Crippen molar-refractivity contribution >= 4 is 23.6 Å². The summed E-state index contributed by atoms with van der Waals surface area (Å²) in [5.74, 6) is -1.72. The van der Waals surface area contributed by atoms with Gasteiger partial charge in [0.2, 0.25) is 23.6 Å². The second-order valence-electron chi connectivity index (χ2n) is 10.3. The first-order valence-corrected chi connectivity index (χ1v) is 10.1. The van der Waals surface area contributed by atoms with E-state index in [0.29, 0.717) is 32.1 Å². The van der Waals surface area contributed by atoms with Crippen LogP contribution in [0.2, 0.25) is 0 Å². The minimum absolute atomic E-state index is 0.0847. The third-order valence-electron chi connectivity index (χ3n) is 6.28. The van der Waals surface area contributed by atoms with Gasteiger partial charge in [-0.3, -0.25) is 29.0 Å². The molecule has 4 atom stereocenters. The first-order chi connectivity index (χ1) is 12.4. The monoisotopic (exact) mass is 376 g/mol. The molecule has 0 N–H and O–H groups in total. The third-order valence-corrected chi connectivity index (χ3v) is 6.28. The molecule has 3 aliphatic rings. The van der Waals surface area contributed by atoms with E-state index in [2.05, 4.69) is 0 Å². The second kappa shape index (κ2) is 6.42. The van der Waals surface area contributed by atoms with Crippen LogP contribution in [0.15, 0.2) is 0 Å². The van der Waals surface area contributed by atoms with Crippen LogP contribution in [-0.2, 0) is 19.2 Å². The molecule has 0 aromatic heterocycles. The number of nitrogens with zero attached hydrogens (tertiary/aromatic N) is 2. The van der Waals surface area contributed by atoms with Gasteiger partial charge >= 0.3 is 0 Å². The normalized spacial score (nSPS) is 33.0. The van der Waals surface area contributed by atoms with E-state index < -0.39 is 11.1 Å². The molecule has 0 aromatic rings. The highest BCUT2D eigenvalue weighted by molar-refractivity contribution is 6.07. The predicted molar refractivity (Wildman–Crippen MR) is 100 cm³/mol. The largest absolute Gasteiger partial charge is 0.277 e. The molecular weight excluding hydrogens is 344 g/mol. The average Bonchev–Trinajstić information content (AvgIpc) is 2.91. The summed E-state index contributed by atoms with van der Waals surface area (Å²) in [4.78, 5) is 54.6. The van der Waals surface area contributed by atoms with Crippen LogP contribution in [0.4, 0.5) is 0 Å². The van der Waals surface area contributed by atoms with Crippen molar-refractivity contribution in [2.45, 2.75) is 84.7 Å². The van der Waals surface area contributed by atoms with Crippen LogP contribution in [0.5, 0.6) is 0 Å². The minimum Gasteiger partial charge on any atom is -0.277 e. The van der Waals surface area contributed by atoms with Crippen LogP contribution in [0, 0.1) is 23.7 Å². The lowest BCUT2D eigenvalue weighted by atomic mass is 9.85. The highest BCUT2D eigenvalue weighted by Gasteiger charge is 2.55. The summed E-state index contributed by atoms with van der Waals surface area (Å²) in [5, 5.41) is 0. The summed E-state index contributed by atoms with van der Waals surface area (Å²) in [6, 6.07) is 0. The Morgan fingerprint density at radius 3 is 1.07 bits per heavy atom. The van der Waals surface area contributed by atoms with Crippen molar-refractivity contribution < 1.29 is 19.2 Å². The zero-order valence-corrected chi connectivity index (χ0v) is 17.4. The van der Waals surface area contributed by atoms with Gasteiger partial charge < -0.3 is 0 Å². The second-order valence-corrected chi connectivity index (χ2v) is 10.3. The molecule has 2 heterocycles. The molecule has 1 aliphatic carbocycles. The Kier molecular flexibility index (Phi) is 4.76. The highest BCUT2D eigenvalue weighted by atomic mass is 16.2. The van der Waals surface area contributed by atoms with Crippen molar-refractivity contribution in [3.63, 3.8) is 0 Å². The standard InChI is InChI=1S/C21H32N2O4/c1-20(2,3)22-16(24)12-8-7-9-13-15(11-10-14(12)18(22)26)19(27)23(17(13)25)21(4,5)6/h12-15H,7-11H2,1-6H3. The van der Waals surface area contributed by atoms with Crippen LogP contribution < -0.4 is 0 Å². The van der Waals surface area contributed by atoms with Crippen molar-refractivity contribution in [1.29, 1.82) is 0 Å². The maximum atomic E-state index is 13.0. The predicted octanol–water partition coefficient (Wildman–Crippen LogP) is 2.75. The molecule has 0 radical (unpaired) electrons. The van der Waals surface area contributed by atoms with E-state index in [1.54, 1.807) is 0 Å². The van der Waals surface area contributed by atoms with Gasteiger partial charge in [0, 0.05) is 11.1 Å². The quantitative estimate of drug-likeness (QED) is 0.609. The van der Waals surface area contributed by atoms with Gasteiger partial charge in [-0.15, -0.1) is 0 Å². The molecule has 27 heavy (non-hydrogen) atoms. The Hall–Kier alpha value is -1.72. The van der Waals surface area contributed by atoms with Crippen molar-refractivity contribution in [3.05, 3.63) is 0 Å². The third kappa shape index (κ3) is 3.21. The Bertz CT molecular complexity index is 627. The van der Waals surface area contributed by atoms with Gasteiger partial charge in [-0.05, 0) is 67.2 Å². The number of hydrogen-bond acceptors (Lipinski definition) is 4. The minimum atomic E-state index is -0.532. The first-order valence-electron chi connectivity index (χ1n) is 10.1. The number of carbonyl (C=O) groups excluding carboxylic acids is 4. The molecule has 2 aliphatic heterocycles. The van der Waals surface area contributed by atoms with Gasteiger partial charge in [0.25, 0.3) is 0 Å². The molecule has 3 fully saturated rings. The van der Waals surface area contributed by atoms with Gasteiger partial charge in [-0.1, -0.05) is 6.42 Å². The zero-order valence-electron chi connectivity index (χ0n) is 17.4. The highest BCUT2D eigenvalue weighted by Crippen LogP contribution is 2.44. The summed E-state index contributed by atoms with van der Waals surface area (Å²) >= 11 is 0. The fourth-order valence-electron chi connectivity index (χ4n) is 5.11. The molecule has 3 rings (SSSR count). The van der Waals surface area contributed by atoms with Gasteiger partial charge in [0.15, 0.2) is 0 Å². The maximum Gasteiger partial charge on any atom is 0.233 e. The van der Waals surface area contributed by atoms with Crippen LogP contribution in [-0.4, -0.2) is 44.5 Å². The molecule has 6 nitrogen and oxygen atoms in total. The molecule has 4 amide bonds. The van der Waals surface area contributed by atoms with Crippen LogP contribution >= 0.6 is 0 Å². The fraction of sp³-hybridized carbons (Fsp3) is 0.810. The number of likely N-dealkylation sites (tertiary alicyclic amines) is 2. The molecule has 1 saturated carbocycles. The summed E-state index contributed by atoms with van der Waals surface area (Å²) in [5.41, 5.74) is -1.06. The van der Waals surface area contributed by atoms with Crippen LogP contribution in [0.25, 0.3) is 0 Å². The van der Waals surface area contributed by atoms with E-state index in [4.69, 9.17) is 0 Å². The zero-order chi connectivity index (χ0) is 20.3. The fourth-order valence-corrected chi connectivity index (χ4v) is 5.11. The van der Waals surface area contributed by atoms with Crippen LogP contribution in [0.1, 0.15) is 73.6 Å². The van der Waals surface area contributed by atoms with E-state index >= 15 is 0 Å². The van der Waals surface area contributed by atoms with E-state index in [1.165, 1.54) is 9.80 Å². The number of hydrogen-bond donors (Lipinski definition) is 0. The molecule has 4 unspecified atom stereocenters. The van der Waals surface area contributed by atoms with E-state index in [0.717, 1.165) is 0 Å². The molecule has 0 spiro atoms. The van der Waals surface area contributed by atoms with Gasteiger partial charge in [0.1, 0.15) is 0 Å². The molecule has 6 heteroatoms. The topological polar surface area (TPSA) is 74.8 Å². The summed E-state index contributed by atoms with van der Waals surface area (Å²) < 4.78 is 0. The Morgan fingerprint density at radius 1 is 0.556 bits per heavy atom. The molecule has 2 saturated heterocycles. The number of fused-ring (bicyclic) bond motifs is 2. The molecular formula is C21H32N2O4. The van der Waals surface area contributed by atoms with Gasteiger partial charge in [-0.2, -0.15) is 0 Å². The van der Waals surface area contributed by atoms with Crippen molar-refractivity contribution in [2.24, 2.45) is 23.7 Å². The van der Waals surface area contributed by atoms with Crippen LogP contribution in [0.3, 0.4) is 0 Å². The van der Waals surface area contributed by atoms with E-state index in [1.807, 2.05) is 41.5 Å². The lowest BCUT2D eigenvalue weighted by Crippen LogP contribution is -2.46. The Labute approximate surface area is 161 Å². The molecule has 150 valence electrons. The number of carbonyl (C=O) groups is 4. The SMILES string of the molecule is CC(C)(C)N1C(=O)C2CCCC3C(=O)N(C(C)(C)C)C(=O)C3CCC2C1=O. The lowest BCUT2D eigenvalue weighted by molar-refractivity contribution is -0.147. The molecule has 0 bridgehead atoms. The molecule has 0 aromatic carbocycles. The summed E-state index contributed by atoms with van der Waals surface area (Å²) in [7, 11) is 0. The van der Waals surface area contributed by atoms with E-state index in [-0.39, 0.29) is 47.3 Å². The Balaban J connectivity index is 1.86. The Morgan fingerprint density at radius 2 is 0.815 bits per heavy atom. The van der Waals surface area contributed by atoms with Gasteiger partial charge in [-0.25, -0.2) is 0 Å². The maximum absolute atomic E-state index is 13.0. The lowest BCUT2D eigenvalue weighted by Gasteiger charge is -2.30. The van der Waals surface area contributed by atoms with Crippen molar-refractivity contribution in [1.82, 2.24) is 9.80 Å². The smallest absolute Gasteiger partial charge is 0.233 e. The number of amides is 4. The van der Waals surface area contributed by atoms with Crippen molar-refractivity contribution in [2.75, 3.05) is 0 Å². The van der Waals surface area contributed by atoms with Crippen molar-refractivity contribution in [3.8, 4) is 0 Å². The van der Waals surface area contributed by atoms with Gasteiger partial charge in [0.05, 0.1) is 23.7 Å². The number of imide groups is 2.